The van der Waals surface area contributed by atoms with E-state index in [1.165, 1.54) is 0 Å². The van der Waals surface area contributed by atoms with Crippen LogP contribution in [0, 0.1) is 24.2 Å². The third-order valence-electron chi connectivity index (χ3n) is 3.06. The molecule has 0 aliphatic heterocycles. The Labute approximate surface area is 114 Å². The number of fused-ring (bicyclic) bond motifs is 1. The summed E-state index contributed by atoms with van der Waals surface area (Å²) in [4.78, 5) is 9.21. The van der Waals surface area contributed by atoms with Crippen LogP contribution in [-0.4, -0.2) is 14.5 Å². The van der Waals surface area contributed by atoms with Crippen molar-refractivity contribution < 1.29 is 0 Å². The summed E-state index contributed by atoms with van der Waals surface area (Å²) < 4.78 is 2.17. The fraction of sp³-hybridized carbons (Fsp3) is 0.533. The van der Waals surface area contributed by atoms with Crippen LogP contribution in [-0.2, 0) is 13.0 Å². The molecular formula is C15H20N4. The molecule has 0 N–H and O–H groups in total. The molecule has 0 spiro atoms. The Morgan fingerprint density at radius 2 is 2.21 bits per heavy atom. The Morgan fingerprint density at radius 3 is 2.89 bits per heavy atom. The molecule has 0 aliphatic rings. The molecule has 2 aromatic rings. The Kier molecular flexibility index (Phi) is 4.16. The van der Waals surface area contributed by atoms with Crippen LogP contribution in [0.1, 0.15) is 38.1 Å². The normalized spacial score (nSPS) is 11.1. The molecule has 0 amide bonds. The van der Waals surface area contributed by atoms with Gasteiger partial charge < -0.3 is 4.57 Å². The summed E-state index contributed by atoms with van der Waals surface area (Å²) in [6, 6.07) is 4.27. The van der Waals surface area contributed by atoms with Gasteiger partial charge in [0.05, 0.1) is 6.07 Å². The number of rotatable bonds is 5. The van der Waals surface area contributed by atoms with Crippen LogP contribution in [0.4, 0.5) is 0 Å². The fourth-order valence-electron chi connectivity index (χ4n) is 2.23. The van der Waals surface area contributed by atoms with Gasteiger partial charge in [0.2, 0.25) is 0 Å². The summed E-state index contributed by atoms with van der Waals surface area (Å²) in [5, 5.41) is 8.67. The highest BCUT2D eigenvalue weighted by Crippen LogP contribution is 2.18. The van der Waals surface area contributed by atoms with Crippen molar-refractivity contribution in [3.8, 4) is 6.07 Å². The van der Waals surface area contributed by atoms with Crippen molar-refractivity contribution in [1.29, 1.82) is 5.26 Å². The molecule has 0 saturated heterocycles. The molecule has 0 saturated carbocycles. The molecule has 2 rings (SSSR count). The first-order valence-corrected chi connectivity index (χ1v) is 6.80. The second-order valence-corrected chi connectivity index (χ2v) is 5.39. The molecule has 0 radical (unpaired) electrons. The maximum Gasteiger partial charge on any atom is 0.160 e. The van der Waals surface area contributed by atoms with Gasteiger partial charge in [-0.2, -0.15) is 5.26 Å². The largest absolute Gasteiger partial charge is 0.313 e. The minimum atomic E-state index is 0.563. The number of imidazole rings is 1. The molecule has 0 unspecified atom stereocenters. The van der Waals surface area contributed by atoms with Gasteiger partial charge in [-0.05, 0) is 30.9 Å². The number of pyridine rings is 1. The molecule has 0 bridgehead atoms. The number of nitrogens with zero attached hydrogens (tertiary/aromatic N) is 4. The van der Waals surface area contributed by atoms with Crippen LogP contribution < -0.4 is 0 Å². The average Bonchev–Trinajstić information content (AvgIpc) is 2.66. The van der Waals surface area contributed by atoms with Crippen LogP contribution in [0.25, 0.3) is 11.2 Å². The first-order chi connectivity index (χ1) is 9.11. The van der Waals surface area contributed by atoms with Crippen molar-refractivity contribution >= 4 is 11.2 Å². The van der Waals surface area contributed by atoms with Gasteiger partial charge in [-0.3, -0.25) is 0 Å². The number of nitriles is 1. The van der Waals surface area contributed by atoms with Gasteiger partial charge in [-0.15, -0.1) is 0 Å². The molecule has 0 aromatic carbocycles. The van der Waals surface area contributed by atoms with Gasteiger partial charge >= 0.3 is 0 Å². The Balaban J connectivity index is 2.40. The number of hydrogen-bond acceptors (Lipinski definition) is 3. The van der Waals surface area contributed by atoms with Gasteiger partial charge in [0.1, 0.15) is 11.3 Å². The minimum absolute atomic E-state index is 0.563. The lowest BCUT2D eigenvalue weighted by molar-refractivity contribution is 0.566. The van der Waals surface area contributed by atoms with E-state index in [4.69, 9.17) is 10.2 Å². The summed E-state index contributed by atoms with van der Waals surface area (Å²) in [5.74, 6) is 1.65. The zero-order valence-corrected chi connectivity index (χ0v) is 11.8. The first-order valence-electron chi connectivity index (χ1n) is 6.80. The lowest BCUT2D eigenvalue weighted by Crippen LogP contribution is -2.07. The van der Waals surface area contributed by atoms with E-state index in [-0.39, 0.29) is 0 Å². The Bertz CT molecular complexity index is 604. The molecule has 0 fully saturated rings. The fourth-order valence-corrected chi connectivity index (χ4v) is 2.23. The van der Waals surface area contributed by atoms with E-state index in [1.807, 2.05) is 13.1 Å². The number of aromatic nitrogens is 3. The van der Waals surface area contributed by atoms with E-state index >= 15 is 0 Å². The standard InChI is InChI=1S/C15H20N4/c1-11(2)8-14-18-13-9-12(3)10-17-15(13)19(14)7-5-4-6-16/h9-11H,4-5,7-8H2,1-3H3. The highest BCUT2D eigenvalue weighted by atomic mass is 15.1. The summed E-state index contributed by atoms with van der Waals surface area (Å²) in [7, 11) is 0. The number of hydrogen-bond donors (Lipinski definition) is 0. The highest BCUT2D eigenvalue weighted by Gasteiger charge is 2.12. The molecule has 100 valence electrons. The van der Waals surface area contributed by atoms with Crippen molar-refractivity contribution in [2.75, 3.05) is 0 Å². The maximum absolute atomic E-state index is 8.67. The van der Waals surface area contributed by atoms with E-state index in [2.05, 4.69) is 35.5 Å². The molecule has 4 heteroatoms. The minimum Gasteiger partial charge on any atom is -0.313 e. The van der Waals surface area contributed by atoms with Gasteiger partial charge in [0.15, 0.2) is 5.65 Å². The quantitative estimate of drug-likeness (QED) is 0.772. The SMILES string of the molecule is Cc1cnc2c(c1)nc(CC(C)C)n2CCCC#N. The topological polar surface area (TPSA) is 54.5 Å². The van der Waals surface area contributed by atoms with Gasteiger partial charge in [-0.1, -0.05) is 13.8 Å². The van der Waals surface area contributed by atoms with E-state index in [0.717, 1.165) is 41.9 Å². The summed E-state index contributed by atoms with van der Waals surface area (Å²) in [6.45, 7) is 7.24. The molecule has 19 heavy (non-hydrogen) atoms. The number of unbranched alkanes of at least 4 members (excludes halogenated alkanes) is 1. The highest BCUT2D eigenvalue weighted by molar-refractivity contribution is 5.72. The van der Waals surface area contributed by atoms with Crippen molar-refractivity contribution in [2.45, 2.75) is 46.6 Å². The summed E-state index contributed by atoms with van der Waals surface area (Å²) in [5.41, 5.74) is 3.04. The third-order valence-corrected chi connectivity index (χ3v) is 3.06. The summed E-state index contributed by atoms with van der Waals surface area (Å²) >= 11 is 0. The zero-order chi connectivity index (χ0) is 13.8. The van der Waals surface area contributed by atoms with Crippen LogP contribution in [0.5, 0.6) is 0 Å². The van der Waals surface area contributed by atoms with Crippen LogP contribution in [0.15, 0.2) is 12.3 Å². The van der Waals surface area contributed by atoms with E-state index in [9.17, 15) is 0 Å². The third kappa shape index (κ3) is 3.11. The molecular weight excluding hydrogens is 236 g/mol. The second-order valence-electron chi connectivity index (χ2n) is 5.39. The van der Waals surface area contributed by atoms with Crippen molar-refractivity contribution in [3.63, 3.8) is 0 Å². The predicted octanol–water partition coefficient (Wildman–Crippen LogP) is 3.24. The lowest BCUT2D eigenvalue weighted by atomic mass is 10.1. The molecule has 2 heterocycles. The van der Waals surface area contributed by atoms with Crippen LogP contribution in [0.3, 0.4) is 0 Å². The lowest BCUT2D eigenvalue weighted by Gasteiger charge is -2.09. The van der Waals surface area contributed by atoms with Crippen molar-refractivity contribution in [1.82, 2.24) is 14.5 Å². The van der Waals surface area contributed by atoms with Crippen LogP contribution >= 0.6 is 0 Å². The summed E-state index contributed by atoms with van der Waals surface area (Å²) in [6.07, 6.45) is 4.25. The monoisotopic (exact) mass is 256 g/mol. The van der Waals surface area contributed by atoms with Gasteiger partial charge in [-0.25, -0.2) is 9.97 Å². The smallest absolute Gasteiger partial charge is 0.160 e. The zero-order valence-electron chi connectivity index (χ0n) is 11.8. The molecule has 0 aliphatic carbocycles. The van der Waals surface area contributed by atoms with Gasteiger partial charge in [0, 0.05) is 25.6 Å². The Morgan fingerprint density at radius 1 is 1.42 bits per heavy atom. The molecule has 0 atom stereocenters. The van der Waals surface area contributed by atoms with Crippen LogP contribution in [0.2, 0.25) is 0 Å². The van der Waals surface area contributed by atoms with Crippen molar-refractivity contribution in [3.05, 3.63) is 23.7 Å². The second kappa shape index (κ2) is 5.83. The molecule has 2 aromatic heterocycles. The Hall–Kier alpha value is -1.89. The predicted molar refractivity (Wildman–Crippen MR) is 75.7 cm³/mol. The molecule has 4 nitrogen and oxygen atoms in total. The first kappa shape index (κ1) is 13.5. The maximum atomic E-state index is 8.67. The van der Waals surface area contributed by atoms with Gasteiger partial charge in [0.25, 0.3) is 0 Å². The number of aryl methyl sites for hydroxylation is 2. The van der Waals surface area contributed by atoms with E-state index < -0.39 is 0 Å². The van der Waals surface area contributed by atoms with E-state index in [0.29, 0.717) is 12.3 Å². The average molecular weight is 256 g/mol. The van der Waals surface area contributed by atoms with Crippen molar-refractivity contribution in [2.24, 2.45) is 5.92 Å². The van der Waals surface area contributed by atoms with E-state index in [1.54, 1.807) is 0 Å².